The van der Waals surface area contributed by atoms with Crippen LogP contribution in [0.2, 0.25) is 0 Å². The average molecular weight is 350 g/mol. The van der Waals surface area contributed by atoms with Gasteiger partial charge in [-0.3, -0.25) is 0 Å². The van der Waals surface area contributed by atoms with E-state index in [0.29, 0.717) is 11.5 Å². The zero-order valence-corrected chi connectivity index (χ0v) is 17.8. The van der Waals surface area contributed by atoms with Gasteiger partial charge in [0.1, 0.15) is 0 Å². The first kappa shape index (κ1) is 19.7. The molecule has 2 saturated heterocycles. The van der Waals surface area contributed by atoms with Crippen molar-refractivity contribution in [1.82, 2.24) is 4.90 Å². The van der Waals surface area contributed by atoms with Crippen LogP contribution >= 0.6 is 0 Å². The van der Waals surface area contributed by atoms with Gasteiger partial charge in [-0.05, 0) is 67.6 Å². The summed E-state index contributed by atoms with van der Waals surface area (Å²) in [6, 6.07) is 0. The third-order valence-electron chi connectivity index (χ3n) is 8.17. The van der Waals surface area contributed by atoms with Crippen molar-refractivity contribution in [2.75, 3.05) is 19.6 Å². The van der Waals surface area contributed by atoms with Gasteiger partial charge in [0.05, 0.1) is 11.7 Å². The van der Waals surface area contributed by atoms with Crippen molar-refractivity contribution in [3.8, 4) is 0 Å². The van der Waals surface area contributed by atoms with Gasteiger partial charge < -0.3 is 9.64 Å². The Hall–Kier alpha value is -0.0800. The van der Waals surface area contributed by atoms with Crippen LogP contribution in [0.3, 0.4) is 0 Å². The Morgan fingerprint density at radius 3 is 2.24 bits per heavy atom. The van der Waals surface area contributed by atoms with E-state index in [1.807, 2.05) is 0 Å². The molecule has 6 unspecified atom stereocenters. The number of likely N-dealkylation sites (tertiary alicyclic amines) is 1. The monoisotopic (exact) mass is 349 g/mol. The number of hydrogen-bond donors (Lipinski definition) is 0. The summed E-state index contributed by atoms with van der Waals surface area (Å²) in [4.78, 5) is 2.69. The minimum Gasteiger partial charge on any atom is -0.370 e. The lowest BCUT2D eigenvalue weighted by atomic mass is 9.62. The molecule has 1 aliphatic carbocycles. The van der Waals surface area contributed by atoms with Crippen LogP contribution in [-0.4, -0.2) is 36.2 Å². The van der Waals surface area contributed by atoms with Crippen LogP contribution in [0.5, 0.6) is 0 Å². The Morgan fingerprint density at radius 1 is 1.00 bits per heavy atom. The zero-order chi connectivity index (χ0) is 18.2. The van der Waals surface area contributed by atoms with Crippen molar-refractivity contribution < 1.29 is 4.74 Å². The molecule has 146 valence electrons. The van der Waals surface area contributed by atoms with Crippen molar-refractivity contribution in [3.63, 3.8) is 0 Å². The molecule has 2 heterocycles. The fraction of sp³-hybridized carbons (Fsp3) is 1.00. The SMILES string of the molecule is CCC(C)(C)C1CCC2(CCC(CN3CC(C)CC(C)C3)O2)C(C)C1. The van der Waals surface area contributed by atoms with Crippen molar-refractivity contribution in [2.45, 2.75) is 98.2 Å². The molecule has 0 amide bonds. The normalized spacial score (nSPS) is 43.7. The number of ether oxygens (including phenoxy) is 1. The average Bonchev–Trinajstić information content (AvgIpc) is 2.93. The molecule has 25 heavy (non-hydrogen) atoms. The van der Waals surface area contributed by atoms with Gasteiger partial charge in [0, 0.05) is 19.6 Å². The molecule has 1 saturated carbocycles. The number of nitrogens with zero attached hydrogens (tertiary/aromatic N) is 1. The second kappa shape index (κ2) is 7.50. The van der Waals surface area contributed by atoms with Crippen LogP contribution in [0.4, 0.5) is 0 Å². The van der Waals surface area contributed by atoms with Crippen molar-refractivity contribution >= 4 is 0 Å². The fourth-order valence-corrected chi connectivity index (χ4v) is 6.18. The second-order valence-electron chi connectivity index (χ2n) is 10.7. The summed E-state index contributed by atoms with van der Waals surface area (Å²) in [5, 5.41) is 0. The van der Waals surface area contributed by atoms with Crippen LogP contribution in [-0.2, 0) is 4.74 Å². The minimum absolute atomic E-state index is 0.206. The quantitative estimate of drug-likeness (QED) is 0.640. The molecule has 3 aliphatic rings. The molecular formula is C23H43NO. The topological polar surface area (TPSA) is 12.5 Å². The number of piperidine rings is 1. The van der Waals surface area contributed by atoms with E-state index >= 15 is 0 Å². The van der Waals surface area contributed by atoms with Gasteiger partial charge in [0.15, 0.2) is 0 Å². The highest BCUT2D eigenvalue weighted by molar-refractivity contribution is 4.99. The Morgan fingerprint density at radius 2 is 1.64 bits per heavy atom. The summed E-state index contributed by atoms with van der Waals surface area (Å²) in [5.74, 6) is 3.31. The molecule has 6 atom stereocenters. The van der Waals surface area contributed by atoms with Crippen LogP contribution in [0, 0.1) is 29.1 Å². The lowest BCUT2D eigenvalue weighted by Crippen LogP contribution is -2.46. The molecule has 2 heteroatoms. The maximum absolute atomic E-state index is 6.83. The van der Waals surface area contributed by atoms with Crippen LogP contribution < -0.4 is 0 Å². The molecular weight excluding hydrogens is 306 g/mol. The van der Waals surface area contributed by atoms with Crippen LogP contribution in [0.1, 0.15) is 86.5 Å². The van der Waals surface area contributed by atoms with Gasteiger partial charge in [-0.15, -0.1) is 0 Å². The smallest absolute Gasteiger partial charge is 0.0713 e. The summed E-state index contributed by atoms with van der Waals surface area (Å²) in [7, 11) is 0. The molecule has 0 radical (unpaired) electrons. The van der Waals surface area contributed by atoms with Gasteiger partial charge in [-0.2, -0.15) is 0 Å². The predicted molar refractivity (Wildman–Crippen MR) is 107 cm³/mol. The number of hydrogen-bond acceptors (Lipinski definition) is 2. The van der Waals surface area contributed by atoms with Gasteiger partial charge in [-0.1, -0.05) is 48.0 Å². The lowest BCUT2D eigenvalue weighted by Gasteiger charge is -2.47. The molecule has 3 rings (SSSR count). The van der Waals surface area contributed by atoms with Crippen molar-refractivity contribution in [1.29, 1.82) is 0 Å². The van der Waals surface area contributed by atoms with Crippen molar-refractivity contribution in [2.24, 2.45) is 29.1 Å². The molecule has 1 spiro atoms. The summed E-state index contributed by atoms with van der Waals surface area (Å²) in [6.45, 7) is 18.3. The standard InChI is InChI=1S/C23H43NO/c1-7-22(5,6)20-8-10-23(19(4)13-20)11-9-21(25-23)16-24-14-17(2)12-18(3)15-24/h17-21H,7-16H2,1-6H3. The van der Waals surface area contributed by atoms with E-state index in [4.69, 9.17) is 4.74 Å². The Bertz CT molecular complexity index is 437. The summed E-state index contributed by atoms with van der Waals surface area (Å²) in [5.41, 5.74) is 0.700. The van der Waals surface area contributed by atoms with Gasteiger partial charge in [0.25, 0.3) is 0 Å². The Balaban J connectivity index is 1.55. The summed E-state index contributed by atoms with van der Waals surface area (Å²) < 4.78 is 6.83. The largest absolute Gasteiger partial charge is 0.370 e. The first-order valence-electron chi connectivity index (χ1n) is 11.1. The highest BCUT2D eigenvalue weighted by Crippen LogP contribution is 2.51. The third kappa shape index (κ3) is 4.26. The first-order valence-corrected chi connectivity index (χ1v) is 11.1. The van der Waals surface area contributed by atoms with E-state index < -0.39 is 0 Å². The molecule has 0 aromatic rings. The molecule has 0 N–H and O–H groups in total. The molecule has 0 aromatic carbocycles. The maximum atomic E-state index is 6.83. The van der Waals surface area contributed by atoms with E-state index in [1.54, 1.807) is 0 Å². The fourth-order valence-electron chi connectivity index (χ4n) is 6.18. The first-order chi connectivity index (χ1) is 11.7. The van der Waals surface area contributed by atoms with Crippen molar-refractivity contribution in [3.05, 3.63) is 0 Å². The summed E-state index contributed by atoms with van der Waals surface area (Å²) >= 11 is 0. The highest BCUT2D eigenvalue weighted by atomic mass is 16.5. The van der Waals surface area contributed by atoms with E-state index in [1.165, 1.54) is 64.6 Å². The van der Waals surface area contributed by atoms with Crippen LogP contribution in [0.25, 0.3) is 0 Å². The Labute approximate surface area is 157 Å². The summed E-state index contributed by atoms with van der Waals surface area (Å²) in [6.07, 6.45) is 9.80. The zero-order valence-electron chi connectivity index (χ0n) is 17.8. The molecule has 0 aromatic heterocycles. The van der Waals surface area contributed by atoms with Gasteiger partial charge in [-0.25, -0.2) is 0 Å². The predicted octanol–water partition coefficient (Wildman–Crippen LogP) is 5.75. The maximum Gasteiger partial charge on any atom is 0.0713 e. The third-order valence-corrected chi connectivity index (χ3v) is 8.17. The minimum atomic E-state index is 0.206. The lowest BCUT2D eigenvalue weighted by molar-refractivity contribution is -0.120. The van der Waals surface area contributed by atoms with E-state index in [0.717, 1.165) is 23.7 Å². The van der Waals surface area contributed by atoms with E-state index in [9.17, 15) is 0 Å². The molecule has 0 bridgehead atoms. The highest BCUT2D eigenvalue weighted by Gasteiger charge is 2.49. The van der Waals surface area contributed by atoms with Crippen LogP contribution in [0.15, 0.2) is 0 Å². The van der Waals surface area contributed by atoms with E-state index in [-0.39, 0.29) is 5.60 Å². The number of rotatable bonds is 4. The van der Waals surface area contributed by atoms with E-state index in [2.05, 4.69) is 46.4 Å². The van der Waals surface area contributed by atoms with Gasteiger partial charge in [0.2, 0.25) is 0 Å². The Kier molecular flexibility index (Phi) is 5.91. The molecule has 2 nitrogen and oxygen atoms in total. The van der Waals surface area contributed by atoms with Gasteiger partial charge >= 0.3 is 0 Å². The molecule has 3 fully saturated rings. The molecule has 2 aliphatic heterocycles. The second-order valence-corrected chi connectivity index (χ2v) is 10.7.